The molecule has 0 spiro atoms. The van der Waals surface area contributed by atoms with E-state index in [-0.39, 0.29) is 11.8 Å². The number of rotatable bonds is 5. The second kappa shape index (κ2) is 8.79. The molecule has 1 heterocycles. The minimum absolute atomic E-state index is 0.0917. The van der Waals surface area contributed by atoms with E-state index >= 15 is 0 Å². The molecule has 5 nitrogen and oxygen atoms in total. The fourth-order valence-corrected chi connectivity index (χ4v) is 3.38. The average Bonchev–Trinajstić information content (AvgIpc) is 3.09. The first-order chi connectivity index (χ1) is 13.0. The highest BCUT2D eigenvalue weighted by atomic mass is 35.5. The van der Waals surface area contributed by atoms with E-state index in [4.69, 9.17) is 11.6 Å². The number of hydrogen-bond donors (Lipinski definition) is 1. The first kappa shape index (κ1) is 19.1. The van der Waals surface area contributed by atoms with E-state index < -0.39 is 0 Å². The van der Waals surface area contributed by atoms with Gasteiger partial charge in [-0.1, -0.05) is 41.9 Å². The molecule has 7 heteroatoms. The first-order valence-electron chi connectivity index (χ1n) is 8.33. The van der Waals surface area contributed by atoms with Gasteiger partial charge in [0, 0.05) is 35.6 Å². The fraction of sp³-hybridized carbons (Fsp3) is 0.150. The Morgan fingerprint density at radius 2 is 1.89 bits per heavy atom. The van der Waals surface area contributed by atoms with Gasteiger partial charge in [0.15, 0.2) is 4.80 Å². The summed E-state index contributed by atoms with van der Waals surface area (Å²) in [5.74, 6) is -0.401. The summed E-state index contributed by atoms with van der Waals surface area (Å²) in [7, 11) is 0. The molecule has 0 saturated heterocycles. The second-order valence-electron chi connectivity index (χ2n) is 5.93. The lowest BCUT2D eigenvalue weighted by Gasteiger charge is -2.05. The van der Waals surface area contributed by atoms with Crippen LogP contribution >= 0.6 is 22.9 Å². The van der Waals surface area contributed by atoms with Crippen LogP contribution in [0.1, 0.15) is 28.4 Å². The van der Waals surface area contributed by atoms with Gasteiger partial charge in [-0.3, -0.25) is 9.59 Å². The van der Waals surface area contributed by atoms with Crippen molar-refractivity contribution in [3.8, 4) is 0 Å². The van der Waals surface area contributed by atoms with Gasteiger partial charge in [0.25, 0.3) is 5.91 Å². The molecule has 0 bridgehead atoms. The van der Waals surface area contributed by atoms with Crippen molar-refractivity contribution in [2.45, 2.75) is 20.0 Å². The molecule has 0 aliphatic heterocycles. The molecule has 0 fully saturated rings. The SMILES string of the molecule is CC(=O)NCc1ccc(C(=O)N=c2sccn2Cc2ccccc2Cl)cc1. The molecule has 0 radical (unpaired) electrons. The lowest BCUT2D eigenvalue weighted by atomic mass is 10.1. The predicted octanol–water partition coefficient (Wildman–Crippen LogP) is 3.63. The van der Waals surface area contributed by atoms with Gasteiger partial charge in [0.2, 0.25) is 5.91 Å². The van der Waals surface area contributed by atoms with Crippen molar-refractivity contribution >= 4 is 34.8 Å². The van der Waals surface area contributed by atoms with E-state index in [2.05, 4.69) is 10.3 Å². The smallest absolute Gasteiger partial charge is 0.279 e. The zero-order chi connectivity index (χ0) is 19.2. The Hall–Kier alpha value is -2.70. The molecule has 138 valence electrons. The van der Waals surface area contributed by atoms with Crippen molar-refractivity contribution in [3.63, 3.8) is 0 Å². The molecular weight excluding hydrogens is 382 g/mol. The zero-order valence-electron chi connectivity index (χ0n) is 14.7. The van der Waals surface area contributed by atoms with Crippen LogP contribution in [0, 0.1) is 0 Å². The molecule has 0 unspecified atom stereocenters. The molecule has 1 aromatic heterocycles. The number of carbonyl (C=O) groups excluding carboxylic acids is 2. The van der Waals surface area contributed by atoms with E-state index in [9.17, 15) is 9.59 Å². The van der Waals surface area contributed by atoms with Gasteiger partial charge in [-0.05, 0) is 29.3 Å². The highest BCUT2D eigenvalue weighted by Gasteiger charge is 2.07. The Kier molecular flexibility index (Phi) is 6.21. The van der Waals surface area contributed by atoms with Gasteiger partial charge in [0.05, 0.1) is 6.54 Å². The quantitative estimate of drug-likeness (QED) is 0.712. The van der Waals surface area contributed by atoms with Crippen LogP contribution in [0.5, 0.6) is 0 Å². The molecule has 2 aromatic carbocycles. The number of nitrogens with one attached hydrogen (secondary N) is 1. The Bertz CT molecular complexity index is 1020. The Morgan fingerprint density at radius 3 is 2.59 bits per heavy atom. The standard InChI is InChI=1S/C20H18ClN3O2S/c1-14(25)22-12-15-6-8-16(9-7-15)19(26)23-20-24(10-11-27-20)13-17-4-2-3-5-18(17)21/h2-11H,12-13H2,1H3,(H,22,25). The van der Waals surface area contributed by atoms with Crippen molar-refractivity contribution in [1.82, 2.24) is 9.88 Å². The van der Waals surface area contributed by atoms with Gasteiger partial charge in [-0.2, -0.15) is 4.99 Å². The molecule has 0 saturated carbocycles. The highest BCUT2D eigenvalue weighted by molar-refractivity contribution is 7.07. The Balaban J connectivity index is 1.77. The molecule has 3 rings (SSSR count). The van der Waals surface area contributed by atoms with Gasteiger partial charge in [-0.25, -0.2) is 0 Å². The summed E-state index contributed by atoms with van der Waals surface area (Å²) >= 11 is 7.62. The van der Waals surface area contributed by atoms with Crippen LogP contribution in [-0.4, -0.2) is 16.4 Å². The third kappa shape index (κ3) is 5.15. The minimum Gasteiger partial charge on any atom is -0.352 e. The number of amides is 2. The van der Waals surface area contributed by atoms with E-state index in [0.29, 0.717) is 28.5 Å². The van der Waals surface area contributed by atoms with Gasteiger partial charge in [-0.15, -0.1) is 11.3 Å². The van der Waals surface area contributed by atoms with Gasteiger partial charge < -0.3 is 9.88 Å². The lowest BCUT2D eigenvalue weighted by molar-refractivity contribution is -0.119. The normalized spacial score (nSPS) is 11.4. The average molecular weight is 400 g/mol. The number of carbonyl (C=O) groups is 2. The van der Waals surface area contributed by atoms with E-state index in [0.717, 1.165) is 11.1 Å². The maximum Gasteiger partial charge on any atom is 0.279 e. The topological polar surface area (TPSA) is 63.5 Å². The molecule has 3 aromatic rings. The monoisotopic (exact) mass is 399 g/mol. The van der Waals surface area contributed by atoms with E-state index in [1.54, 1.807) is 12.1 Å². The summed E-state index contributed by atoms with van der Waals surface area (Å²) in [6, 6.07) is 14.7. The predicted molar refractivity (Wildman–Crippen MR) is 107 cm³/mol. The first-order valence-corrected chi connectivity index (χ1v) is 9.58. The summed E-state index contributed by atoms with van der Waals surface area (Å²) in [5.41, 5.74) is 2.39. The van der Waals surface area contributed by atoms with Crippen molar-refractivity contribution in [2.75, 3.05) is 0 Å². The number of nitrogens with zero attached hydrogens (tertiary/aromatic N) is 2. The number of thiazole rings is 1. The van der Waals surface area contributed by atoms with Crippen LogP contribution < -0.4 is 10.1 Å². The van der Waals surface area contributed by atoms with E-state index in [1.165, 1.54) is 18.3 Å². The molecule has 1 N–H and O–H groups in total. The fourth-order valence-electron chi connectivity index (χ4n) is 2.46. The molecule has 0 atom stereocenters. The van der Waals surface area contributed by atoms with Crippen LogP contribution in [0.25, 0.3) is 0 Å². The number of halogens is 1. The third-order valence-corrected chi connectivity index (χ3v) is 5.06. The van der Waals surface area contributed by atoms with Gasteiger partial charge >= 0.3 is 0 Å². The van der Waals surface area contributed by atoms with Crippen LogP contribution in [0.3, 0.4) is 0 Å². The Morgan fingerprint density at radius 1 is 1.15 bits per heavy atom. The van der Waals surface area contributed by atoms with Crippen molar-refractivity contribution in [2.24, 2.45) is 4.99 Å². The van der Waals surface area contributed by atoms with Crippen molar-refractivity contribution in [3.05, 3.63) is 86.6 Å². The van der Waals surface area contributed by atoms with Crippen LogP contribution in [0.15, 0.2) is 65.1 Å². The summed E-state index contributed by atoms with van der Waals surface area (Å²) in [6.07, 6.45) is 1.89. The van der Waals surface area contributed by atoms with Crippen LogP contribution in [0.4, 0.5) is 0 Å². The lowest BCUT2D eigenvalue weighted by Crippen LogP contribution is -2.19. The number of hydrogen-bond acceptors (Lipinski definition) is 3. The van der Waals surface area contributed by atoms with Crippen molar-refractivity contribution < 1.29 is 9.59 Å². The van der Waals surface area contributed by atoms with E-state index in [1.807, 2.05) is 52.5 Å². The summed E-state index contributed by atoms with van der Waals surface area (Å²) < 4.78 is 1.90. The van der Waals surface area contributed by atoms with Crippen LogP contribution in [0.2, 0.25) is 5.02 Å². The maximum absolute atomic E-state index is 12.5. The number of aromatic nitrogens is 1. The molecule has 0 aliphatic rings. The van der Waals surface area contributed by atoms with Crippen molar-refractivity contribution in [1.29, 1.82) is 0 Å². The van der Waals surface area contributed by atoms with Gasteiger partial charge in [0.1, 0.15) is 0 Å². The highest BCUT2D eigenvalue weighted by Crippen LogP contribution is 2.15. The molecule has 2 amide bonds. The summed E-state index contributed by atoms with van der Waals surface area (Å²) in [4.78, 5) is 28.3. The van der Waals surface area contributed by atoms with Crippen LogP contribution in [-0.2, 0) is 17.9 Å². The zero-order valence-corrected chi connectivity index (χ0v) is 16.3. The summed E-state index contributed by atoms with van der Waals surface area (Å²) in [6.45, 7) is 2.45. The Labute approximate surface area is 166 Å². The third-order valence-electron chi connectivity index (χ3n) is 3.90. The number of benzene rings is 2. The molecular formula is C20H18ClN3O2S. The summed E-state index contributed by atoms with van der Waals surface area (Å²) in [5, 5.41) is 5.29. The maximum atomic E-state index is 12.5. The molecule has 0 aliphatic carbocycles. The minimum atomic E-state index is -0.309. The largest absolute Gasteiger partial charge is 0.352 e. The second-order valence-corrected chi connectivity index (χ2v) is 7.21. The molecule has 27 heavy (non-hydrogen) atoms.